The van der Waals surface area contributed by atoms with Crippen LogP contribution in [0.25, 0.3) is 17.1 Å². The molecule has 0 saturated carbocycles. The summed E-state index contributed by atoms with van der Waals surface area (Å²) in [5.41, 5.74) is 0.321. The van der Waals surface area contributed by atoms with Gasteiger partial charge in [-0.15, -0.1) is 5.10 Å². The van der Waals surface area contributed by atoms with Crippen LogP contribution in [-0.2, 0) is 12.8 Å². The Kier molecular flexibility index (Phi) is 6.87. The van der Waals surface area contributed by atoms with E-state index in [-0.39, 0.29) is 0 Å². The molecule has 3 aromatic rings. The molecule has 1 aliphatic rings. The lowest BCUT2D eigenvalue weighted by molar-refractivity contribution is -0.137. The maximum absolute atomic E-state index is 13.4. The van der Waals surface area contributed by atoms with Crippen molar-refractivity contribution in [2.45, 2.75) is 19.3 Å². The fourth-order valence-electron chi connectivity index (χ4n) is 3.91. The van der Waals surface area contributed by atoms with E-state index in [2.05, 4.69) is 16.8 Å². The summed E-state index contributed by atoms with van der Waals surface area (Å²) in [6.45, 7) is 4.21. The van der Waals surface area contributed by atoms with E-state index in [1.54, 1.807) is 34.6 Å². The van der Waals surface area contributed by atoms with Crippen LogP contribution in [0.1, 0.15) is 12.0 Å². The quantitative estimate of drug-likeness (QED) is 0.499. The van der Waals surface area contributed by atoms with E-state index in [0.29, 0.717) is 28.7 Å². The van der Waals surface area contributed by atoms with E-state index in [0.717, 1.165) is 50.3 Å². The predicted molar refractivity (Wildman–Crippen MR) is 123 cm³/mol. The molecule has 1 fully saturated rings. The Balaban J connectivity index is 1.79. The van der Waals surface area contributed by atoms with E-state index < -0.39 is 11.7 Å². The van der Waals surface area contributed by atoms with Gasteiger partial charge < -0.3 is 9.64 Å². The molecule has 2 aromatic carbocycles. The summed E-state index contributed by atoms with van der Waals surface area (Å²) in [6, 6.07) is 12.4. The van der Waals surface area contributed by atoms with Crippen LogP contribution in [0.5, 0.6) is 5.75 Å². The maximum Gasteiger partial charge on any atom is 0.416 e. The van der Waals surface area contributed by atoms with Gasteiger partial charge in [0.15, 0.2) is 5.82 Å². The van der Waals surface area contributed by atoms with Gasteiger partial charge in [0.1, 0.15) is 5.75 Å². The number of hydrogen-bond donors (Lipinski definition) is 0. The van der Waals surface area contributed by atoms with Crippen molar-refractivity contribution in [3.63, 3.8) is 0 Å². The summed E-state index contributed by atoms with van der Waals surface area (Å²) in [6.07, 6.45) is -3.42. The molecular formula is C23H26F3N5OS. The van der Waals surface area contributed by atoms with Crippen LogP contribution in [0.4, 0.5) is 13.2 Å². The first-order valence-corrected chi connectivity index (χ1v) is 11.1. The molecule has 1 saturated heterocycles. The van der Waals surface area contributed by atoms with Crippen LogP contribution in [-0.4, -0.2) is 64.5 Å². The van der Waals surface area contributed by atoms with Gasteiger partial charge in [-0.2, -0.15) is 13.2 Å². The summed E-state index contributed by atoms with van der Waals surface area (Å²) in [5, 5.41) is 4.75. The molecule has 0 unspecified atom stereocenters. The minimum absolute atomic E-state index is 0.322. The molecule has 0 spiro atoms. The second-order valence-electron chi connectivity index (χ2n) is 8.13. The zero-order chi connectivity index (χ0) is 23.6. The normalized spacial score (nSPS) is 16.0. The maximum atomic E-state index is 13.4. The molecule has 0 N–H and O–H groups in total. The van der Waals surface area contributed by atoms with Gasteiger partial charge in [0, 0.05) is 25.2 Å². The van der Waals surface area contributed by atoms with Crippen LogP contribution < -0.4 is 4.74 Å². The van der Waals surface area contributed by atoms with Crippen LogP contribution in [0, 0.1) is 4.77 Å². The van der Waals surface area contributed by atoms with Crippen LogP contribution >= 0.6 is 12.2 Å². The van der Waals surface area contributed by atoms with Crippen molar-refractivity contribution in [2.24, 2.45) is 0 Å². The summed E-state index contributed by atoms with van der Waals surface area (Å²) in [4.78, 5) is 4.55. The summed E-state index contributed by atoms with van der Waals surface area (Å²) < 4.78 is 49.1. The number of likely N-dealkylation sites (N-methyl/N-ethyl adjacent to an activating group) is 1. The van der Waals surface area contributed by atoms with Gasteiger partial charge in [-0.1, -0.05) is 6.07 Å². The molecule has 33 heavy (non-hydrogen) atoms. The van der Waals surface area contributed by atoms with Gasteiger partial charge in [0.2, 0.25) is 4.77 Å². The number of nitrogens with zero attached hydrogens (tertiary/aromatic N) is 5. The summed E-state index contributed by atoms with van der Waals surface area (Å²) >= 11 is 5.73. The number of benzene rings is 2. The molecule has 0 bridgehead atoms. The lowest BCUT2D eigenvalue weighted by atomic mass is 10.1. The molecule has 4 rings (SSSR count). The average Bonchev–Trinajstić information content (AvgIpc) is 2.97. The Morgan fingerprint density at radius 3 is 2.48 bits per heavy atom. The highest BCUT2D eigenvalue weighted by Gasteiger charge is 2.31. The van der Waals surface area contributed by atoms with Gasteiger partial charge >= 0.3 is 6.18 Å². The van der Waals surface area contributed by atoms with E-state index in [9.17, 15) is 13.2 Å². The molecule has 0 amide bonds. The number of rotatable bonds is 5. The first kappa shape index (κ1) is 23.5. The first-order valence-electron chi connectivity index (χ1n) is 10.7. The van der Waals surface area contributed by atoms with Crippen molar-refractivity contribution in [2.75, 3.05) is 40.3 Å². The topological polar surface area (TPSA) is 38.5 Å². The Bertz CT molecular complexity index is 1160. The molecule has 2 heterocycles. The van der Waals surface area contributed by atoms with Crippen molar-refractivity contribution < 1.29 is 17.9 Å². The van der Waals surface area contributed by atoms with E-state index in [1.165, 1.54) is 6.07 Å². The van der Waals surface area contributed by atoms with Crippen molar-refractivity contribution in [3.05, 3.63) is 58.9 Å². The minimum Gasteiger partial charge on any atom is -0.497 e. The number of halogens is 3. The Morgan fingerprint density at radius 2 is 1.79 bits per heavy atom. The molecule has 0 atom stereocenters. The van der Waals surface area contributed by atoms with Gasteiger partial charge in [-0.3, -0.25) is 9.47 Å². The molecule has 1 aromatic heterocycles. The number of ether oxygens (including phenoxy) is 1. The fourth-order valence-corrected chi connectivity index (χ4v) is 4.20. The highest BCUT2D eigenvalue weighted by atomic mass is 32.1. The second kappa shape index (κ2) is 9.66. The van der Waals surface area contributed by atoms with Crippen molar-refractivity contribution in [1.82, 2.24) is 24.1 Å². The highest BCUT2D eigenvalue weighted by molar-refractivity contribution is 7.71. The van der Waals surface area contributed by atoms with Crippen molar-refractivity contribution in [1.29, 1.82) is 0 Å². The second-order valence-corrected chi connectivity index (χ2v) is 8.50. The third-order valence-electron chi connectivity index (χ3n) is 5.77. The minimum atomic E-state index is -4.45. The lowest BCUT2D eigenvalue weighted by Crippen LogP contribution is -2.31. The number of alkyl halides is 3. The van der Waals surface area contributed by atoms with Gasteiger partial charge in [-0.25, -0.2) is 4.68 Å². The van der Waals surface area contributed by atoms with Crippen LogP contribution in [0.2, 0.25) is 0 Å². The van der Waals surface area contributed by atoms with E-state index in [4.69, 9.17) is 22.1 Å². The molecule has 10 heteroatoms. The highest BCUT2D eigenvalue weighted by Crippen LogP contribution is 2.32. The molecule has 1 aliphatic heterocycles. The Hall–Kier alpha value is -2.69. The van der Waals surface area contributed by atoms with Crippen molar-refractivity contribution in [3.8, 4) is 22.8 Å². The predicted octanol–water partition coefficient (Wildman–Crippen LogP) is 4.69. The monoisotopic (exact) mass is 477 g/mol. The third kappa shape index (κ3) is 5.29. The Morgan fingerprint density at radius 1 is 1.03 bits per heavy atom. The zero-order valence-electron chi connectivity index (χ0n) is 18.5. The van der Waals surface area contributed by atoms with Gasteiger partial charge in [-0.05, 0) is 74.7 Å². The first-order chi connectivity index (χ1) is 15.8. The SMILES string of the molecule is COc1ccc(-c2nn(CN3CCCN(C)CC3)c(=S)n2-c2cccc(C(F)(F)F)c2)cc1. The number of aromatic nitrogens is 3. The molecular weight excluding hydrogens is 451 g/mol. The summed E-state index contributed by atoms with van der Waals surface area (Å²) in [5.74, 6) is 1.16. The van der Waals surface area contributed by atoms with E-state index >= 15 is 0 Å². The van der Waals surface area contributed by atoms with Crippen molar-refractivity contribution >= 4 is 12.2 Å². The summed E-state index contributed by atoms with van der Waals surface area (Å²) in [7, 11) is 3.67. The smallest absolute Gasteiger partial charge is 0.416 e. The fraction of sp³-hybridized carbons (Fsp3) is 0.391. The molecule has 0 radical (unpaired) electrons. The standard InChI is InChI=1S/C23H26F3N5OS/c1-28-11-4-12-29(14-13-28)16-30-22(33)31(19-6-3-5-18(15-19)23(24,25)26)21(27-30)17-7-9-20(32-2)10-8-17/h3,5-10,15H,4,11-14,16H2,1-2H3. The van der Waals surface area contributed by atoms with Crippen LogP contribution in [0.3, 0.4) is 0 Å². The lowest BCUT2D eigenvalue weighted by Gasteiger charge is -2.19. The molecule has 6 nitrogen and oxygen atoms in total. The number of methoxy groups -OCH3 is 1. The zero-order valence-corrected chi connectivity index (χ0v) is 19.4. The third-order valence-corrected chi connectivity index (χ3v) is 6.16. The van der Waals surface area contributed by atoms with Crippen LogP contribution in [0.15, 0.2) is 48.5 Å². The van der Waals surface area contributed by atoms with E-state index in [1.807, 2.05) is 12.1 Å². The average molecular weight is 478 g/mol. The molecule has 0 aliphatic carbocycles. The number of hydrogen-bond acceptors (Lipinski definition) is 5. The molecule has 176 valence electrons. The van der Waals surface area contributed by atoms with Gasteiger partial charge in [0.05, 0.1) is 25.0 Å². The van der Waals surface area contributed by atoms with Gasteiger partial charge in [0.25, 0.3) is 0 Å². The Labute approximate surface area is 195 Å². The largest absolute Gasteiger partial charge is 0.497 e.